The van der Waals surface area contributed by atoms with E-state index in [1.807, 2.05) is 0 Å². The average molecular weight is 206 g/mol. The standard InChI is InChI=1S/C7H12ClN3S/c1-5(2)6(8)3-9-7-10-4-11-12-7/h4-6H,3H2,1-2H3,(H,9,10,11). The highest BCUT2D eigenvalue weighted by molar-refractivity contribution is 7.09. The number of rotatable bonds is 4. The van der Waals surface area contributed by atoms with Gasteiger partial charge in [0.25, 0.3) is 0 Å². The van der Waals surface area contributed by atoms with E-state index in [2.05, 4.69) is 28.5 Å². The summed E-state index contributed by atoms with van der Waals surface area (Å²) in [5.74, 6) is 0.479. The molecule has 0 aromatic carbocycles. The molecule has 0 saturated carbocycles. The number of nitrogens with zero attached hydrogens (tertiary/aromatic N) is 2. The van der Waals surface area contributed by atoms with Crippen molar-refractivity contribution in [1.82, 2.24) is 9.36 Å². The maximum Gasteiger partial charge on any atom is 0.202 e. The molecule has 0 fully saturated rings. The number of anilines is 1. The van der Waals surface area contributed by atoms with E-state index in [4.69, 9.17) is 11.6 Å². The van der Waals surface area contributed by atoms with Gasteiger partial charge in [0.2, 0.25) is 5.13 Å². The van der Waals surface area contributed by atoms with Crippen LogP contribution in [0.2, 0.25) is 0 Å². The molecule has 0 spiro atoms. The Morgan fingerprint density at radius 1 is 1.67 bits per heavy atom. The molecule has 0 amide bonds. The van der Waals surface area contributed by atoms with Gasteiger partial charge in [-0.2, -0.15) is 4.37 Å². The topological polar surface area (TPSA) is 37.8 Å². The predicted octanol–water partition coefficient (Wildman–Crippen LogP) is 2.21. The molecular formula is C7H12ClN3S. The molecule has 68 valence electrons. The summed E-state index contributed by atoms with van der Waals surface area (Å²) in [5, 5.41) is 4.10. The highest BCUT2D eigenvalue weighted by Crippen LogP contribution is 2.12. The van der Waals surface area contributed by atoms with Crippen LogP contribution in [0.15, 0.2) is 6.33 Å². The van der Waals surface area contributed by atoms with Crippen LogP contribution in [0.25, 0.3) is 0 Å². The Hall–Kier alpha value is -0.350. The lowest BCUT2D eigenvalue weighted by Crippen LogP contribution is -2.19. The maximum atomic E-state index is 6.03. The Morgan fingerprint density at radius 2 is 2.42 bits per heavy atom. The number of hydrogen-bond donors (Lipinski definition) is 1. The number of nitrogens with one attached hydrogen (secondary N) is 1. The zero-order valence-corrected chi connectivity index (χ0v) is 8.69. The Balaban J connectivity index is 2.27. The van der Waals surface area contributed by atoms with Gasteiger partial charge in [0.15, 0.2) is 0 Å². The molecule has 0 bridgehead atoms. The first-order valence-corrected chi connectivity index (χ1v) is 5.05. The van der Waals surface area contributed by atoms with E-state index in [1.54, 1.807) is 0 Å². The fourth-order valence-corrected chi connectivity index (χ4v) is 1.18. The van der Waals surface area contributed by atoms with Crippen molar-refractivity contribution in [3.8, 4) is 0 Å². The smallest absolute Gasteiger partial charge is 0.202 e. The minimum atomic E-state index is 0.147. The quantitative estimate of drug-likeness (QED) is 0.766. The zero-order valence-electron chi connectivity index (χ0n) is 7.12. The van der Waals surface area contributed by atoms with Crippen molar-refractivity contribution in [2.45, 2.75) is 19.2 Å². The lowest BCUT2D eigenvalue weighted by atomic mass is 10.1. The molecule has 5 heteroatoms. The second-order valence-corrected chi connectivity index (χ2v) is 4.23. The highest BCUT2D eigenvalue weighted by Gasteiger charge is 2.09. The predicted molar refractivity (Wildman–Crippen MR) is 52.9 cm³/mol. The largest absolute Gasteiger partial charge is 0.359 e. The van der Waals surface area contributed by atoms with Crippen LogP contribution in [0.4, 0.5) is 5.13 Å². The molecule has 1 rings (SSSR count). The number of hydrogen-bond acceptors (Lipinski definition) is 4. The van der Waals surface area contributed by atoms with Gasteiger partial charge in [-0.05, 0) is 5.92 Å². The Labute approximate surface area is 81.3 Å². The van der Waals surface area contributed by atoms with E-state index in [0.29, 0.717) is 5.92 Å². The van der Waals surface area contributed by atoms with Crippen LogP contribution in [0, 0.1) is 5.92 Å². The van der Waals surface area contributed by atoms with Crippen LogP contribution in [-0.2, 0) is 0 Å². The molecule has 1 aromatic rings. The van der Waals surface area contributed by atoms with Gasteiger partial charge >= 0.3 is 0 Å². The van der Waals surface area contributed by atoms with Crippen LogP contribution in [-0.4, -0.2) is 21.3 Å². The van der Waals surface area contributed by atoms with Crippen LogP contribution in [0.1, 0.15) is 13.8 Å². The molecule has 0 radical (unpaired) electrons. The van der Waals surface area contributed by atoms with E-state index < -0.39 is 0 Å². The van der Waals surface area contributed by atoms with E-state index in [1.165, 1.54) is 17.9 Å². The van der Waals surface area contributed by atoms with Crippen LogP contribution >= 0.6 is 23.1 Å². The molecular weight excluding hydrogens is 194 g/mol. The molecule has 1 unspecified atom stereocenters. The summed E-state index contributed by atoms with van der Waals surface area (Å²) in [6.07, 6.45) is 1.53. The van der Waals surface area contributed by atoms with Crippen molar-refractivity contribution < 1.29 is 0 Å². The monoisotopic (exact) mass is 205 g/mol. The van der Waals surface area contributed by atoms with Gasteiger partial charge in [0.1, 0.15) is 6.33 Å². The van der Waals surface area contributed by atoms with Crippen molar-refractivity contribution in [2.24, 2.45) is 5.92 Å². The maximum absolute atomic E-state index is 6.03. The van der Waals surface area contributed by atoms with Gasteiger partial charge in [-0.25, -0.2) is 4.98 Å². The van der Waals surface area contributed by atoms with Crippen LogP contribution in [0.3, 0.4) is 0 Å². The number of alkyl halides is 1. The van der Waals surface area contributed by atoms with E-state index in [-0.39, 0.29) is 5.38 Å². The summed E-state index contributed by atoms with van der Waals surface area (Å²) in [6.45, 7) is 4.94. The van der Waals surface area contributed by atoms with Crippen molar-refractivity contribution in [1.29, 1.82) is 0 Å². The molecule has 12 heavy (non-hydrogen) atoms. The lowest BCUT2D eigenvalue weighted by molar-refractivity contribution is 0.616. The third-order valence-corrected chi connectivity index (χ3v) is 2.81. The minimum absolute atomic E-state index is 0.147. The normalized spacial score (nSPS) is 13.3. The molecule has 3 nitrogen and oxygen atoms in total. The Kier molecular flexibility index (Phi) is 3.75. The van der Waals surface area contributed by atoms with Gasteiger partial charge < -0.3 is 5.32 Å². The minimum Gasteiger partial charge on any atom is -0.359 e. The fourth-order valence-electron chi connectivity index (χ4n) is 0.672. The Bertz CT molecular complexity index is 212. The fraction of sp³-hybridized carbons (Fsp3) is 0.714. The molecule has 0 aliphatic heterocycles. The average Bonchev–Trinajstić information content (AvgIpc) is 2.51. The third-order valence-electron chi connectivity index (χ3n) is 1.53. The van der Waals surface area contributed by atoms with Crippen molar-refractivity contribution in [2.75, 3.05) is 11.9 Å². The second kappa shape index (κ2) is 4.62. The highest BCUT2D eigenvalue weighted by atomic mass is 35.5. The van der Waals surface area contributed by atoms with Crippen LogP contribution < -0.4 is 5.32 Å². The summed E-state index contributed by atoms with van der Waals surface area (Å²) < 4.78 is 3.87. The molecule has 0 aliphatic rings. The first kappa shape index (κ1) is 9.74. The van der Waals surface area contributed by atoms with Gasteiger partial charge in [0, 0.05) is 18.1 Å². The number of aromatic nitrogens is 2. The van der Waals surface area contributed by atoms with Crippen LogP contribution in [0.5, 0.6) is 0 Å². The van der Waals surface area contributed by atoms with Crippen molar-refractivity contribution in [3.05, 3.63) is 6.33 Å². The van der Waals surface area contributed by atoms with Gasteiger partial charge in [-0.3, -0.25) is 0 Å². The summed E-state index contributed by atoms with van der Waals surface area (Å²) in [7, 11) is 0. The van der Waals surface area contributed by atoms with Gasteiger partial charge in [0.05, 0.1) is 5.38 Å². The molecule has 0 saturated heterocycles. The van der Waals surface area contributed by atoms with E-state index in [9.17, 15) is 0 Å². The molecule has 0 aliphatic carbocycles. The van der Waals surface area contributed by atoms with E-state index in [0.717, 1.165) is 11.7 Å². The summed E-state index contributed by atoms with van der Waals surface area (Å²) in [6, 6.07) is 0. The first-order chi connectivity index (χ1) is 5.70. The van der Waals surface area contributed by atoms with Crippen molar-refractivity contribution in [3.63, 3.8) is 0 Å². The molecule has 1 atom stereocenters. The summed E-state index contributed by atoms with van der Waals surface area (Å²) in [4.78, 5) is 3.99. The summed E-state index contributed by atoms with van der Waals surface area (Å²) >= 11 is 7.37. The molecule has 1 aromatic heterocycles. The second-order valence-electron chi connectivity index (χ2n) is 2.89. The van der Waals surface area contributed by atoms with Gasteiger partial charge in [-0.15, -0.1) is 11.6 Å². The summed E-state index contributed by atoms with van der Waals surface area (Å²) in [5.41, 5.74) is 0. The van der Waals surface area contributed by atoms with E-state index >= 15 is 0 Å². The molecule has 1 heterocycles. The Morgan fingerprint density at radius 3 is 2.92 bits per heavy atom. The van der Waals surface area contributed by atoms with Gasteiger partial charge in [-0.1, -0.05) is 13.8 Å². The molecule has 1 N–H and O–H groups in total. The van der Waals surface area contributed by atoms with Crippen molar-refractivity contribution >= 4 is 28.3 Å². The lowest BCUT2D eigenvalue weighted by Gasteiger charge is -2.12. The first-order valence-electron chi connectivity index (χ1n) is 3.84. The SMILES string of the molecule is CC(C)C(Cl)CNc1ncns1. The third kappa shape index (κ3) is 2.95. The number of halogens is 1. The zero-order chi connectivity index (χ0) is 8.97.